The number of nitrogens with one attached hydrogen (secondary N) is 1. The number of hydrogen-bond donors (Lipinski definition) is 1. The van der Waals surface area contributed by atoms with Crippen LogP contribution in [0.2, 0.25) is 0 Å². The van der Waals surface area contributed by atoms with Crippen LogP contribution in [-0.2, 0) is 4.74 Å². The minimum atomic E-state index is -0.0134. The number of rotatable bonds is 1. The molecular formula is C10H11N3O2. The van der Waals surface area contributed by atoms with Crippen molar-refractivity contribution in [1.82, 2.24) is 14.8 Å². The summed E-state index contributed by atoms with van der Waals surface area (Å²) in [5.74, 6) is 0. The van der Waals surface area contributed by atoms with E-state index in [1.165, 1.54) is 0 Å². The summed E-state index contributed by atoms with van der Waals surface area (Å²) in [6.07, 6.45) is 4.38. The van der Waals surface area contributed by atoms with Gasteiger partial charge in [0.15, 0.2) is 0 Å². The Bertz CT molecular complexity index is 537. The van der Waals surface area contributed by atoms with Crippen molar-refractivity contribution < 1.29 is 4.74 Å². The molecule has 0 bridgehead atoms. The SMILES string of the molecule is O=c1c2[nH]ncc2ccn1[C@H]1CCOC1. The second kappa shape index (κ2) is 3.20. The number of H-pyrrole nitrogens is 1. The summed E-state index contributed by atoms with van der Waals surface area (Å²) in [6, 6.07) is 2.07. The topological polar surface area (TPSA) is 59.9 Å². The number of ether oxygens (including phenoxy) is 1. The lowest BCUT2D eigenvalue weighted by Gasteiger charge is -2.11. The molecule has 0 saturated carbocycles. The molecule has 0 unspecified atom stereocenters. The third kappa shape index (κ3) is 1.27. The third-order valence-corrected chi connectivity index (χ3v) is 2.83. The Labute approximate surface area is 85.7 Å². The van der Waals surface area contributed by atoms with E-state index in [1.807, 2.05) is 12.3 Å². The molecule has 1 aliphatic rings. The standard InChI is InChI=1S/C10H11N3O2/c14-10-9-7(5-11-12-9)1-3-13(10)8-2-4-15-6-8/h1,3,5,8H,2,4,6H2,(H,11,12)/t8-/m0/s1. The van der Waals surface area contributed by atoms with Crippen LogP contribution in [0.3, 0.4) is 0 Å². The summed E-state index contributed by atoms with van der Waals surface area (Å²) in [5.41, 5.74) is 0.560. The smallest absolute Gasteiger partial charge is 0.276 e. The van der Waals surface area contributed by atoms with Crippen molar-refractivity contribution in [2.45, 2.75) is 12.5 Å². The Balaban J connectivity index is 2.18. The molecule has 0 aromatic carbocycles. The molecule has 0 amide bonds. The number of aromatic amines is 1. The molecule has 15 heavy (non-hydrogen) atoms. The molecule has 0 spiro atoms. The maximum absolute atomic E-state index is 12.0. The van der Waals surface area contributed by atoms with Crippen molar-refractivity contribution in [3.8, 4) is 0 Å². The number of fused-ring (bicyclic) bond motifs is 1. The van der Waals surface area contributed by atoms with Crippen molar-refractivity contribution in [3.63, 3.8) is 0 Å². The maximum Gasteiger partial charge on any atom is 0.276 e. The van der Waals surface area contributed by atoms with Gasteiger partial charge in [-0.2, -0.15) is 5.10 Å². The maximum atomic E-state index is 12.0. The third-order valence-electron chi connectivity index (χ3n) is 2.83. The van der Waals surface area contributed by atoms with Crippen LogP contribution in [0.5, 0.6) is 0 Å². The van der Waals surface area contributed by atoms with Crippen LogP contribution in [0.25, 0.3) is 10.9 Å². The highest BCUT2D eigenvalue weighted by molar-refractivity contribution is 5.76. The summed E-state index contributed by atoms with van der Waals surface area (Å²) >= 11 is 0. The summed E-state index contributed by atoms with van der Waals surface area (Å²) in [5, 5.41) is 7.44. The second-order valence-electron chi connectivity index (χ2n) is 3.75. The largest absolute Gasteiger partial charge is 0.379 e. The monoisotopic (exact) mass is 205 g/mol. The molecule has 3 rings (SSSR count). The molecule has 3 heterocycles. The fourth-order valence-electron chi connectivity index (χ4n) is 1.98. The lowest BCUT2D eigenvalue weighted by atomic mass is 10.2. The molecule has 2 aromatic rings. The van der Waals surface area contributed by atoms with Crippen LogP contribution in [0.4, 0.5) is 0 Å². The molecule has 1 saturated heterocycles. The average molecular weight is 205 g/mol. The first-order chi connectivity index (χ1) is 7.36. The van der Waals surface area contributed by atoms with Crippen molar-refractivity contribution >= 4 is 10.9 Å². The van der Waals surface area contributed by atoms with Gasteiger partial charge >= 0.3 is 0 Å². The van der Waals surface area contributed by atoms with E-state index >= 15 is 0 Å². The fourth-order valence-corrected chi connectivity index (χ4v) is 1.98. The van der Waals surface area contributed by atoms with Crippen molar-refractivity contribution in [2.24, 2.45) is 0 Å². The van der Waals surface area contributed by atoms with Crippen LogP contribution < -0.4 is 5.56 Å². The van der Waals surface area contributed by atoms with E-state index in [-0.39, 0.29) is 11.6 Å². The lowest BCUT2D eigenvalue weighted by molar-refractivity contribution is 0.186. The van der Waals surface area contributed by atoms with E-state index in [4.69, 9.17) is 4.74 Å². The van der Waals surface area contributed by atoms with Crippen molar-refractivity contribution in [1.29, 1.82) is 0 Å². The Morgan fingerprint density at radius 1 is 1.60 bits per heavy atom. The van der Waals surface area contributed by atoms with Gasteiger partial charge in [0.2, 0.25) is 0 Å². The van der Waals surface area contributed by atoms with Crippen molar-refractivity contribution in [2.75, 3.05) is 13.2 Å². The van der Waals surface area contributed by atoms with Crippen LogP contribution in [0.15, 0.2) is 23.3 Å². The summed E-state index contributed by atoms with van der Waals surface area (Å²) in [4.78, 5) is 12.0. The molecule has 5 nitrogen and oxygen atoms in total. The number of pyridine rings is 1. The summed E-state index contributed by atoms with van der Waals surface area (Å²) < 4.78 is 7.00. The molecule has 0 radical (unpaired) electrons. The second-order valence-corrected chi connectivity index (χ2v) is 3.75. The minimum Gasteiger partial charge on any atom is -0.379 e. The summed E-state index contributed by atoms with van der Waals surface area (Å²) in [7, 11) is 0. The molecule has 1 fully saturated rings. The van der Waals surface area contributed by atoms with E-state index in [9.17, 15) is 4.79 Å². The zero-order chi connectivity index (χ0) is 10.3. The van der Waals surface area contributed by atoms with Gasteiger partial charge < -0.3 is 9.30 Å². The Morgan fingerprint density at radius 2 is 2.53 bits per heavy atom. The Morgan fingerprint density at radius 3 is 3.33 bits per heavy atom. The molecule has 1 aliphatic heterocycles. The average Bonchev–Trinajstić information content (AvgIpc) is 2.87. The quantitative estimate of drug-likeness (QED) is 0.745. The summed E-state index contributed by atoms with van der Waals surface area (Å²) in [6.45, 7) is 1.36. The van der Waals surface area contributed by atoms with Crippen molar-refractivity contribution in [3.05, 3.63) is 28.8 Å². The fraction of sp³-hybridized carbons (Fsp3) is 0.400. The number of nitrogens with zero attached hydrogens (tertiary/aromatic N) is 2. The molecule has 5 heteroatoms. The first-order valence-electron chi connectivity index (χ1n) is 4.98. The van der Waals surface area contributed by atoms with Gasteiger partial charge in [0, 0.05) is 18.2 Å². The molecule has 78 valence electrons. The van der Waals surface area contributed by atoms with E-state index in [0.717, 1.165) is 18.4 Å². The highest BCUT2D eigenvalue weighted by Crippen LogP contribution is 2.17. The van der Waals surface area contributed by atoms with Crippen LogP contribution in [-0.4, -0.2) is 28.0 Å². The van der Waals surface area contributed by atoms with Gasteiger partial charge in [-0.3, -0.25) is 9.89 Å². The van der Waals surface area contributed by atoms with Gasteiger partial charge in [0.1, 0.15) is 5.52 Å². The van der Waals surface area contributed by atoms with E-state index in [1.54, 1.807) is 10.8 Å². The highest BCUT2D eigenvalue weighted by Gasteiger charge is 2.19. The molecule has 1 atom stereocenters. The first-order valence-corrected chi connectivity index (χ1v) is 4.98. The van der Waals surface area contributed by atoms with Gasteiger partial charge in [-0.25, -0.2) is 0 Å². The van der Waals surface area contributed by atoms with Gasteiger partial charge in [-0.05, 0) is 12.5 Å². The molecular weight excluding hydrogens is 194 g/mol. The highest BCUT2D eigenvalue weighted by atomic mass is 16.5. The predicted molar refractivity (Wildman–Crippen MR) is 54.8 cm³/mol. The van der Waals surface area contributed by atoms with Gasteiger partial charge in [-0.1, -0.05) is 0 Å². The predicted octanol–water partition coefficient (Wildman–Crippen LogP) is 0.686. The number of aromatic nitrogens is 3. The van der Waals surface area contributed by atoms with E-state index in [2.05, 4.69) is 10.2 Å². The first kappa shape index (κ1) is 8.67. The Hall–Kier alpha value is -1.62. The molecule has 1 N–H and O–H groups in total. The van der Waals surface area contributed by atoms with Gasteiger partial charge in [-0.15, -0.1) is 0 Å². The number of hydrogen-bond acceptors (Lipinski definition) is 3. The van der Waals surface area contributed by atoms with Crippen LogP contribution in [0, 0.1) is 0 Å². The van der Waals surface area contributed by atoms with Crippen LogP contribution >= 0.6 is 0 Å². The lowest BCUT2D eigenvalue weighted by Crippen LogP contribution is -2.24. The molecule has 2 aromatic heterocycles. The van der Waals surface area contributed by atoms with Crippen LogP contribution in [0.1, 0.15) is 12.5 Å². The Kier molecular flexibility index (Phi) is 1.85. The van der Waals surface area contributed by atoms with Gasteiger partial charge in [0.05, 0.1) is 18.8 Å². The molecule has 0 aliphatic carbocycles. The van der Waals surface area contributed by atoms with Gasteiger partial charge in [0.25, 0.3) is 5.56 Å². The van der Waals surface area contributed by atoms with E-state index in [0.29, 0.717) is 12.1 Å². The van der Waals surface area contributed by atoms with E-state index < -0.39 is 0 Å². The zero-order valence-electron chi connectivity index (χ0n) is 8.14. The zero-order valence-corrected chi connectivity index (χ0v) is 8.14. The normalized spacial score (nSPS) is 21.2. The minimum absolute atomic E-state index is 0.0134.